The van der Waals surface area contributed by atoms with Crippen LogP contribution in [-0.4, -0.2) is 24.7 Å². The van der Waals surface area contributed by atoms with E-state index < -0.39 is 0 Å². The molecule has 0 unspecified atom stereocenters. The first-order chi connectivity index (χ1) is 4.50. The van der Waals surface area contributed by atoms with E-state index in [0.29, 0.717) is 0 Å². The number of ether oxygens (including phenoxy) is 1. The Bertz CT molecular complexity index is 41.1. The molecule has 1 heterocycles. The Morgan fingerprint density at radius 1 is 0.889 bits per heavy atom. The predicted molar refractivity (Wildman–Crippen MR) is 50.9 cm³/mol. The first kappa shape index (κ1) is 8.46. The summed E-state index contributed by atoms with van der Waals surface area (Å²) in [4.78, 5) is 0. The SMILES string of the molecule is C1CSSSSCCO1. The quantitative estimate of drug-likeness (QED) is 0.554. The Kier molecular flexibility index (Phi) is 5.73. The largest absolute Gasteiger partial charge is 0.380 e. The molecule has 0 atom stereocenters. The lowest BCUT2D eigenvalue weighted by Gasteiger charge is -1.96. The lowest BCUT2D eigenvalue weighted by atomic mass is 10.8. The van der Waals surface area contributed by atoms with Crippen LogP contribution in [0.3, 0.4) is 0 Å². The normalized spacial score (nSPS) is 24.0. The van der Waals surface area contributed by atoms with E-state index in [2.05, 4.69) is 0 Å². The Labute approximate surface area is 70.6 Å². The molecule has 0 N–H and O–H groups in total. The van der Waals surface area contributed by atoms with Gasteiger partial charge in [0.25, 0.3) is 0 Å². The second-order valence-corrected chi connectivity index (χ2v) is 7.63. The Balaban J connectivity index is 2.02. The number of hydrogen-bond donors (Lipinski definition) is 0. The van der Waals surface area contributed by atoms with Gasteiger partial charge in [-0.1, -0.05) is 21.6 Å². The highest BCUT2D eigenvalue weighted by atomic mass is 33.7. The number of hydrogen-bond acceptors (Lipinski definition) is 5. The second-order valence-electron chi connectivity index (χ2n) is 1.39. The maximum absolute atomic E-state index is 5.29. The molecule has 0 radical (unpaired) electrons. The van der Waals surface area contributed by atoms with Gasteiger partial charge in [-0.2, -0.15) is 0 Å². The summed E-state index contributed by atoms with van der Waals surface area (Å²) < 4.78 is 5.29. The van der Waals surface area contributed by atoms with Crippen molar-refractivity contribution in [2.24, 2.45) is 0 Å². The lowest BCUT2D eigenvalue weighted by molar-refractivity contribution is 0.167. The van der Waals surface area contributed by atoms with Crippen molar-refractivity contribution in [3.05, 3.63) is 0 Å². The van der Waals surface area contributed by atoms with Crippen molar-refractivity contribution in [2.75, 3.05) is 24.7 Å². The summed E-state index contributed by atoms with van der Waals surface area (Å²) in [7, 11) is 7.47. The van der Waals surface area contributed by atoms with Crippen molar-refractivity contribution in [3.8, 4) is 0 Å². The van der Waals surface area contributed by atoms with Gasteiger partial charge >= 0.3 is 0 Å². The van der Waals surface area contributed by atoms with Crippen molar-refractivity contribution >= 4 is 41.2 Å². The van der Waals surface area contributed by atoms with Crippen molar-refractivity contribution in [2.45, 2.75) is 0 Å². The third-order valence-electron chi connectivity index (χ3n) is 0.746. The zero-order valence-electron chi connectivity index (χ0n) is 4.87. The molecule has 0 amide bonds. The van der Waals surface area contributed by atoms with E-state index in [9.17, 15) is 0 Å². The van der Waals surface area contributed by atoms with Crippen molar-refractivity contribution < 1.29 is 4.74 Å². The van der Waals surface area contributed by atoms with Gasteiger partial charge in [0, 0.05) is 11.5 Å². The first-order valence-corrected chi connectivity index (χ1v) is 7.81. The predicted octanol–water partition coefficient (Wildman–Crippen LogP) is 2.69. The standard InChI is InChI=1S/C4H8OS4/c1-3-6-8-9-7-4-2-5-1/h1-4H2. The molecule has 0 saturated carbocycles. The van der Waals surface area contributed by atoms with E-state index >= 15 is 0 Å². The fourth-order valence-electron chi connectivity index (χ4n) is 0.395. The third-order valence-corrected chi connectivity index (χ3v) is 7.14. The van der Waals surface area contributed by atoms with Crippen LogP contribution in [0.25, 0.3) is 0 Å². The lowest BCUT2D eigenvalue weighted by Crippen LogP contribution is -1.98. The molecule has 0 bridgehead atoms. The fourth-order valence-corrected chi connectivity index (χ4v) is 6.09. The zero-order chi connectivity index (χ0) is 6.36. The molecule has 0 aliphatic carbocycles. The van der Waals surface area contributed by atoms with Crippen LogP contribution in [0.15, 0.2) is 0 Å². The molecular weight excluding hydrogens is 192 g/mol. The second kappa shape index (κ2) is 6.09. The summed E-state index contributed by atoms with van der Waals surface area (Å²) in [5.41, 5.74) is 0. The summed E-state index contributed by atoms with van der Waals surface area (Å²) in [5.74, 6) is 2.25. The van der Waals surface area contributed by atoms with E-state index in [0.717, 1.165) is 24.7 Å². The molecule has 1 aliphatic heterocycles. The maximum Gasteiger partial charge on any atom is 0.0565 e. The highest BCUT2D eigenvalue weighted by Crippen LogP contribution is 2.43. The minimum Gasteiger partial charge on any atom is -0.380 e. The minimum absolute atomic E-state index is 0.915. The maximum atomic E-state index is 5.29. The zero-order valence-corrected chi connectivity index (χ0v) is 8.14. The van der Waals surface area contributed by atoms with Gasteiger partial charge in [-0.15, -0.1) is 0 Å². The summed E-state index contributed by atoms with van der Waals surface area (Å²) >= 11 is 0. The van der Waals surface area contributed by atoms with Crippen molar-refractivity contribution in [1.82, 2.24) is 0 Å². The van der Waals surface area contributed by atoms with Crippen molar-refractivity contribution in [3.63, 3.8) is 0 Å². The first-order valence-electron chi connectivity index (χ1n) is 2.65. The van der Waals surface area contributed by atoms with Crippen molar-refractivity contribution in [1.29, 1.82) is 0 Å². The van der Waals surface area contributed by atoms with Gasteiger partial charge < -0.3 is 4.74 Å². The monoisotopic (exact) mass is 200 g/mol. The Morgan fingerprint density at radius 3 is 2.00 bits per heavy atom. The fraction of sp³-hybridized carbons (Fsp3) is 1.00. The summed E-state index contributed by atoms with van der Waals surface area (Å²) in [6.07, 6.45) is 0. The van der Waals surface area contributed by atoms with Gasteiger partial charge in [-0.3, -0.25) is 0 Å². The molecule has 1 aliphatic rings. The number of rotatable bonds is 0. The van der Waals surface area contributed by atoms with Gasteiger partial charge in [0.15, 0.2) is 0 Å². The topological polar surface area (TPSA) is 9.23 Å². The third kappa shape index (κ3) is 4.72. The van der Waals surface area contributed by atoms with Crippen LogP contribution in [0.1, 0.15) is 0 Å². The summed E-state index contributed by atoms with van der Waals surface area (Å²) in [6.45, 7) is 1.83. The summed E-state index contributed by atoms with van der Waals surface area (Å²) in [6, 6.07) is 0. The molecular formula is C4H8OS4. The minimum atomic E-state index is 0.915. The molecule has 0 aromatic carbocycles. The van der Waals surface area contributed by atoms with Gasteiger partial charge in [0.1, 0.15) is 0 Å². The molecule has 0 spiro atoms. The van der Waals surface area contributed by atoms with Gasteiger partial charge in [-0.05, 0) is 19.7 Å². The summed E-state index contributed by atoms with van der Waals surface area (Å²) in [5, 5.41) is 0. The molecule has 5 heteroatoms. The highest BCUT2D eigenvalue weighted by molar-refractivity contribution is 9.26. The average Bonchev–Trinajstić information content (AvgIpc) is 2.00. The van der Waals surface area contributed by atoms with Crippen LogP contribution in [0.2, 0.25) is 0 Å². The van der Waals surface area contributed by atoms with Crippen LogP contribution in [-0.2, 0) is 4.74 Å². The van der Waals surface area contributed by atoms with Gasteiger partial charge in [0.05, 0.1) is 13.2 Å². The average molecular weight is 200 g/mol. The van der Waals surface area contributed by atoms with Crippen LogP contribution in [0.5, 0.6) is 0 Å². The van der Waals surface area contributed by atoms with Crippen LogP contribution >= 0.6 is 41.2 Å². The molecule has 1 nitrogen and oxygen atoms in total. The van der Waals surface area contributed by atoms with Gasteiger partial charge in [0.2, 0.25) is 0 Å². The van der Waals surface area contributed by atoms with E-state index in [1.54, 1.807) is 0 Å². The van der Waals surface area contributed by atoms with E-state index in [4.69, 9.17) is 4.74 Å². The Hall–Kier alpha value is 1.36. The van der Waals surface area contributed by atoms with E-state index in [-0.39, 0.29) is 0 Å². The molecule has 1 rings (SSSR count). The molecule has 54 valence electrons. The van der Waals surface area contributed by atoms with Gasteiger partial charge in [-0.25, -0.2) is 0 Å². The van der Waals surface area contributed by atoms with Crippen LogP contribution in [0.4, 0.5) is 0 Å². The van der Waals surface area contributed by atoms with Crippen LogP contribution < -0.4 is 0 Å². The molecule has 1 saturated heterocycles. The van der Waals surface area contributed by atoms with E-state index in [1.807, 2.05) is 41.2 Å². The Morgan fingerprint density at radius 2 is 1.44 bits per heavy atom. The van der Waals surface area contributed by atoms with E-state index in [1.165, 1.54) is 0 Å². The molecule has 1 fully saturated rings. The molecule has 0 aromatic heterocycles. The molecule has 0 aromatic rings. The van der Waals surface area contributed by atoms with Crippen LogP contribution in [0, 0.1) is 0 Å². The highest BCUT2D eigenvalue weighted by Gasteiger charge is 1.97. The smallest absolute Gasteiger partial charge is 0.0565 e. The molecule has 9 heavy (non-hydrogen) atoms.